The molecule has 0 aromatic carbocycles. The van der Waals surface area contributed by atoms with Crippen molar-refractivity contribution < 1.29 is 42.9 Å². The normalized spacial score (nSPS) is 13.6. The molecule has 0 spiro atoms. The molecule has 0 aromatic rings. The van der Waals surface area contributed by atoms with E-state index in [0.717, 1.165) is 70.6 Å². The van der Waals surface area contributed by atoms with Crippen LogP contribution >= 0.6 is 0 Å². The Hall–Kier alpha value is -3.27. The summed E-state index contributed by atoms with van der Waals surface area (Å²) in [5, 5.41) is 9.62. The first kappa shape index (κ1) is 53.7. The second-order valence-corrected chi connectivity index (χ2v) is 15.6. The second-order valence-electron chi connectivity index (χ2n) is 15.6. The molecule has 0 aliphatic carbocycles. The van der Waals surface area contributed by atoms with Gasteiger partial charge in [-0.2, -0.15) is 0 Å². The predicted molar refractivity (Wildman–Crippen MR) is 235 cm³/mol. The van der Waals surface area contributed by atoms with Crippen LogP contribution in [0.5, 0.6) is 0 Å². The lowest BCUT2D eigenvalue weighted by Gasteiger charge is -2.25. The SMILES string of the molecule is CC/C=C\C/C=C\C/C=C\C/C=C\C/C=C\C/C=C\CCCCC(=O)OC(COC(=O)CCCCCCCCCCCCC)COC(OCC[N+](C)(C)C)C(=O)O. The van der Waals surface area contributed by atoms with Crippen LogP contribution in [0.1, 0.15) is 155 Å². The molecular weight excluding hydrogens is 719 g/mol. The number of aliphatic carboxylic acids is 1. The van der Waals surface area contributed by atoms with E-state index in [1.54, 1.807) is 0 Å². The monoisotopic (exact) mass is 801 g/mol. The van der Waals surface area contributed by atoms with Gasteiger partial charge in [0.2, 0.25) is 0 Å². The van der Waals surface area contributed by atoms with Crippen molar-refractivity contribution in [3.05, 3.63) is 72.9 Å². The van der Waals surface area contributed by atoms with Crippen molar-refractivity contribution in [1.82, 2.24) is 0 Å². The molecule has 0 radical (unpaired) electrons. The summed E-state index contributed by atoms with van der Waals surface area (Å²) in [6, 6.07) is 0. The Morgan fingerprint density at radius 3 is 1.49 bits per heavy atom. The first-order valence-corrected chi connectivity index (χ1v) is 22.1. The highest BCUT2D eigenvalue weighted by Crippen LogP contribution is 2.13. The fraction of sp³-hybridized carbons (Fsp3) is 0.688. The maximum absolute atomic E-state index is 12.7. The molecule has 0 saturated heterocycles. The number of unbranched alkanes of at least 4 members (excludes halogenated alkanes) is 12. The van der Waals surface area contributed by atoms with Crippen LogP contribution in [0, 0.1) is 0 Å². The summed E-state index contributed by atoms with van der Waals surface area (Å²) >= 11 is 0. The largest absolute Gasteiger partial charge is 0.477 e. The van der Waals surface area contributed by atoms with Gasteiger partial charge in [0, 0.05) is 12.8 Å². The minimum atomic E-state index is -1.52. The van der Waals surface area contributed by atoms with E-state index in [9.17, 15) is 19.5 Å². The number of nitrogens with zero attached hydrogens (tertiary/aromatic N) is 1. The predicted octanol–water partition coefficient (Wildman–Crippen LogP) is 11.6. The van der Waals surface area contributed by atoms with E-state index >= 15 is 0 Å². The Balaban J connectivity index is 4.53. The average Bonchev–Trinajstić information content (AvgIpc) is 3.17. The molecule has 57 heavy (non-hydrogen) atoms. The maximum Gasteiger partial charge on any atom is 0.361 e. The molecule has 2 unspecified atom stereocenters. The van der Waals surface area contributed by atoms with Gasteiger partial charge in [-0.15, -0.1) is 0 Å². The van der Waals surface area contributed by atoms with E-state index in [1.165, 1.54) is 51.4 Å². The van der Waals surface area contributed by atoms with Gasteiger partial charge < -0.3 is 28.5 Å². The van der Waals surface area contributed by atoms with Gasteiger partial charge in [0.15, 0.2) is 6.10 Å². The molecule has 0 rings (SSSR count). The number of rotatable bonds is 39. The van der Waals surface area contributed by atoms with Crippen LogP contribution in [0.3, 0.4) is 0 Å². The van der Waals surface area contributed by atoms with Crippen LogP contribution in [0.4, 0.5) is 0 Å². The van der Waals surface area contributed by atoms with Crippen LogP contribution in [0.2, 0.25) is 0 Å². The van der Waals surface area contributed by atoms with Gasteiger partial charge in [-0.25, -0.2) is 4.79 Å². The molecule has 9 heteroatoms. The Kier molecular flexibility index (Phi) is 37.3. The van der Waals surface area contributed by atoms with E-state index in [4.69, 9.17) is 18.9 Å². The van der Waals surface area contributed by atoms with Crippen LogP contribution < -0.4 is 0 Å². The minimum absolute atomic E-state index is 0.176. The van der Waals surface area contributed by atoms with E-state index < -0.39 is 24.3 Å². The molecule has 9 nitrogen and oxygen atoms in total. The number of likely N-dealkylation sites (N-methyl/N-ethyl adjacent to an activating group) is 1. The molecule has 0 amide bonds. The quantitative estimate of drug-likeness (QED) is 0.0215. The van der Waals surface area contributed by atoms with Crippen molar-refractivity contribution in [2.24, 2.45) is 0 Å². The van der Waals surface area contributed by atoms with Crippen molar-refractivity contribution in [3.8, 4) is 0 Å². The lowest BCUT2D eigenvalue weighted by atomic mass is 10.1. The van der Waals surface area contributed by atoms with Gasteiger partial charge >= 0.3 is 17.9 Å². The van der Waals surface area contributed by atoms with Crippen LogP contribution in [0.25, 0.3) is 0 Å². The average molecular weight is 801 g/mol. The molecule has 326 valence electrons. The van der Waals surface area contributed by atoms with E-state index in [-0.39, 0.29) is 32.2 Å². The standard InChI is InChI=1S/C48H81NO8/c1-6-8-10-12-14-16-18-19-20-21-22-23-24-25-26-27-29-31-33-35-37-39-46(51)57-44(43-56-48(47(52)53)54-41-40-49(3,4)5)42-55-45(50)38-36-34-32-30-28-17-15-13-11-9-7-2/h8,10,14,16,19-20,22-23,25-26,29,31,44,48H,6-7,9,11-13,15,17-18,21,24,27-28,30,32-43H2,1-5H3/p+1/b10-8-,16-14-,20-19-,23-22-,26-25-,31-29-. The number of hydrogen-bond acceptors (Lipinski definition) is 7. The number of allylic oxidation sites excluding steroid dienone is 12. The van der Waals surface area contributed by atoms with Crippen molar-refractivity contribution in [2.75, 3.05) is 47.5 Å². The molecule has 0 heterocycles. The third-order valence-electron chi connectivity index (χ3n) is 8.98. The zero-order valence-corrected chi connectivity index (χ0v) is 36.7. The number of ether oxygens (including phenoxy) is 4. The van der Waals surface area contributed by atoms with Gasteiger partial charge in [0.05, 0.1) is 34.4 Å². The zero-order valence-electron chi connectivity index (χ0n) is 36.7. The summed E-state index contributed by atoms with van der Waals surface area (Å²) in [7, 11) is 5.93. The summed E-state index contributed by atoms with van der Waals surface area (Å²) in [4.78, 5) is 37.0. The number of carbonyl (C=O) groups excluding carboxylic acids is 2. The summed E-state index contributed by atoms with van der Waals surface area (Å²) in [5.74, 6) is -2.08. The Morgan fingerprint density at radius 2 is 1.00 bits per heavy atom. The fourth-order valence-electron chi connectivity index (χ4n) is 5.54. The molecule has 0 aliphatic heterocycles. The molecular formula is C48H82NO8+. The van der Waals surface area contributed by atoms with Crippen molar-refractivity contribution in [3.63, 3.8) is 0 Å². The second kappa shape index (κ2) is 39.6. The molecule has 2 atom stereocenters. The smallest absolute Gasteiger partial charge is 0.361 e. The molecule has 0 aliphatic rings. The Morgan fingerprint density at radius 1 is 0.544 bits per heavy atom. The van der Waals surface area contributed by atoms with E-state index in [2.05, 4.69) is 86.8 Å². The van der Waals surface area contributed by atoms with E-state index in [1.807, 2.05) is 21.1 Å². The van der Waals surface area contributed by atoms with Crippen LogP contribution in [0.15, 0.2) is 72.9 Å². The third kappa shape index (κ3) is 40.7. The summed E-state index contributed by atoms with van der Waals surface area (Å²) in [6.07, 6.45) is 45.4. The fourth-order valence-corrected chi connectivity index (χ4v) is 5.54. The van der Waals surface area contributed by atoms with E-state index in [0.29, 0.717) is 23.9 Å². The first-order chi connectivity index (χ1) is 27.6. The maximum atomic E-state index is 12.7. The molecule has 0 fully saturated rings. The molecule has 0 aromatic heterocycles. The lowest BCUT2D eigenvalue weighted by molar-refractivity contribution is -0.870. The van der Waals surface area contributed by atoms with Crippen molar-refractivity contribution in [1.29, 1.82) is 0 Å². The number of esters is 2. The molecule has 0 saturated carbocycles. The Bertz CT molecular complexity index is 1160. The summed E-state index contributed by atoms with van der Waals surface area (Å²) < 4.78 is 22.6. The van der Waals surface area contributed by atoms with Gasteiger partial charge in [-0.05, 0) is 64.2 Å². The molecule has 0 bridgehead atoms. The van der Waals surface area contributed by atoms with Gasteiger partial charge in [0.1, 0.15) is 13.2 Å². The highest BCUT2D eigenvalue weighted by molar-refractivity contribution is 5.71. The first-order valence-electron chi connectivity index (χ1n) is 22.1. The van der Waals surface area contributed by atoms with Gasteiger partial charge in [-0.3, -0.25) is 9.59 Å². The Labute approximate surface area is 347 Å². The van der Waals surface area contributed by atoms with Gasteiger partial charge in [-0.1, -0.05) is 151 Å². The van der Waals surface area contributed by atoms with Crippen LogP contribution in [-0.2, 0) is 33.3 Å². The van der Waals surface area contributed by atoms with Crippen molar-refractivity contribution >= 4 is 17.9 Å². The zero-order chi connectivity index (χ0) is 42.1. The lowest BCUT2D eigenvalue weighted by Crippen LogP contribution is -2.40. The molecule has 1 N–H and O–H groups in total. The topological polar surface area (TPSA) is 108 Å². The number of hydrogen-bond donors (Lipinski definition) is 1. The summed E-state index contributed by atoms with van der Waals surface area (Å²) in [5.41, 5.74) is 0. The third-order valence-corrected chi connectivity index (χ3v) is 8.98. The number of carboxylic acid groups (broad SMARTS) is 1. The summed E-state index contributed by atoms with van der Waals surface area (Å²) in [6.45, 7) is 4.67. The number of carbonyl (C=O) groups is 3. The number of carboxylic acids is 1. The van der Waals surface area contributed by atoms with Gasteiger partial charge in [0.25, 0.3) is 6.29 Å². The number of quaternary nitrogens is 1. The highest BCUT2D eigenvalue weighted by Gasteiger charge is 2.25. The minimum Gasteiger partial charge on any atom is -0.477 e. The van der Waals surface area contributed by atoms with Crippen LogP contribution in [-0.4, -0.2) is 87.4 Å². The highest BCUT2D eigenvalue weighted by atomic mass is 16.7. The van der Waals surface area contributed by atoms with Crippen molar-refractivity contribution in [2.45, 2.75) is 167 Å².